The molecule has 4 aromatic carbocycles. The van der Waals surface area contributed by atoms with E-state index in [1.54, 1.807) is 21.3 Å². The number of anilines is 2. The molecule has 0 heterocycles. The van der Waals surface area contributed by atoms with Gasteiger partial charge in [-0.3, -0.25) is 0 Å². The largest absolute Gasteiger partial charge is 0.496 e. The number of benzene rings is 4. The van der Waals surface area contributed by atoms with E-state index in [0.29, 0.717) is 10.8 Å². The van der Waals surface area contributed by atoms with Gasteiger partial charge in [0.1, 0.15) is 17.2 Å². The summed E-state index contributed by atoms with van der Waals surface area (Å²) in [6, 6.07) is 27.6. The van der Waals surface area contributed by atoms with E-state index in [1.165, 1.54) is 0 Å². The number of para-hydroxylation sites is 2. The van der Waals surface area contributed by atoms with Gasteiger partial charge in [0.2, 0.25) is 0 Å². The van der Waals surface area contributed by atoms with Crippen molar-refractivity contribution in [1.82, 2.24) is 0 Å². The van der Waals surface area contributed by atoms with Crippen LogP contribution in [0.2, 0.25) is 5.02 Å². The highest BCUT2D eigenvalue weighted by Gasteiger charge is 2.17. The van der Waals surface area contributed by atoms with Gasteiger partial charge in [0.15, 0.2) is 0 Å². The quantitative estimate of drug-likeness (QED) is 0.321. The Morgan fingerprint density at radius 3 is 1.94 bits per heavy atom. The van der Waals surface area contributed by atoms with E-state index in [9.17, 15) is 0 Å². The molecule has 0 bridgehead atoms. The van der Waals surface area contributed by atoms with E-state index in [-0.39, 0.29) is 0 Å². The molecule has 0 aliphatic rings. The summed E-state index contributed by atoms with van der Waals surface area (Å²) < 4.78 is 17.0. The third-order valence-electron chi connectivity index (χ3n) is 5.25. The summed E-state index contributed by atoms with van der Waals surface area (Å²) in [5, 5.41) is 3.92. The average molecular weight is 446 g/mol. The molecule has 162 valence electrons. The minimum Gasteiger partial charge on any atom is -0.496 e. The number of methoxy groups -OCH3 is 3. The van der Waals surface area contributed by atoms with E-state index in [2.05, 4.69) is 11.4 Å². The Balaban J connectivity index is 1.82. The highest BCUT2D eigenvalue weighted by atomic mass is 35.5. The summed E-state index contributed by atoms with van der Waals surface area (Å²) in [6.07, 6.45) is 0. The Bertz CT molecular complexity index is 1230. The molecule has 0 aliphatic carbocycles. The minimum absolute atomic E-state index is 0.578. The first-order chi connectivity index (χ1) is 15.6. The topological polar surface area (TPSA) is 39.7 Å². The summed E-state index contributed by atoms with van der Waals surface area (Å²) in [6.45, 7) is 0. The first-order valence-corrected chi connectivity index (χ1v) is 10.5. The van der Waals surface area contributed by atoms with Gasteiger partial charge in [0, 0.05) is 28.4 Å². The molecular weight excluding hydrogens is 422 g/mol. The van der Waals surface area contributed by atoms with Crippen molar-refractivity contribution in [2.45, 2.75) is 0 Å². The van der Waals surface area contributed by atoms with Gasteiger partial charge in [-0.2, -0.15) is 0 Å². The summed E-state index contributed by atoms with van der Waals surface area (Å²) in [5.41, 5.74) is 5.41. The van der Waals surface area contributed by atoms with Gasteiger partial charge >= 0.3 is 0 Å². The number of hydrogen-bond donors (Lipinski definition) is 1. The minimum atomic E-state index is 0.578. The first kappa shape index (κ1) is 21.6. The molecule has 0 saturated carbocycles. The second kappa shape index (κ2) is 9.67. The van der Waals surface area contributed by atoms with Crippen LogP contribution in [0.4, 0.5) is 11.4 Å². The summed E-state index contributed by atoms with van der Waals surface area (Å²) in [4.78, 5) is 0. The smallest absolute Gasteiger partial charge is 0.129 e. The van der Waals surface area contributed by atoms with Crippen LogP contribution in [0.5, 0.6) is 17.2 Å². The fourth-order valence-electron chi connectivity index (χ4n) is 3.67. The van der Waals surface area contributed by atoms with Crippen LogP contribution in [0.3, 0.4) is 0 Å². The molecule has 4 rings (SSSR count). The van der Waals surface area contributed by atoms with Crippen LogP contribution in [-0.2, 0) is 0 Å². The standard InChI is InChI=1S/C27H24ClNO3/c1-30-25-12-8-7-11-20(25)18-13-14-26(31-2)21(15-18)22-16-23(28)24(17-27(22)32-3)29-19-9-5-4-6-10-19/h4-17,29H,1-3H3. The predicted octanol–water partition coefficient (Wildman–Crippen LogP) is 7.44. The first-order valence-electron chi connectivity index (χ1n) is 10.2. The van der Waals surface area contributed by atoms with E-state index >= 15 is 0 Å². The third kappa shape index (κ3) is 4.36. The number of rotatable bonds is 7. The van der Waals surface area contributed by atoms with Gasteiger partial charge in [-0.1, -0.05) is 54.1 Å². The highest BCUT2D eigenvalue weighted by Crippen LogP contribution is 2.44. The SMILES string of the molecule is COc1ccccc1-c1ccc(OC)c(-c2cc(Cl)c(Nc3ccccc3)cc2OC)c1. The van der Waals surface area contributed by atoms with E-state index in [4.69, 9.17) is 25.8 Å². The van der Waals surface area contributed by atoms with Crippen molar-refractivity contribution in [3.8, 4) is 39.5 Å². The molecule has 1 N–H and O–H groups in total. The maximum Gasteiger partial charge on any atom is 0.129 e. The van der Waals surface area contributed by atoms with Crippen molar-refractivity contribution in [3.63, 3.8) is 0 Å². The van der Waals surface area contributed by atoms with Crippen LogP contribution in [-0.4, -0.2) is 21.3 Å². The Hall–Kier alpha value is -3.63. The van der Waals surface area contributed by atoms with E-state index in [0.717, 1.165) is 45.1 Å². The molecule has 0 unspecified atom stereocenters. The molecular formula is C27H24ClNO3. The zero-order chi connectivity index (χ0) is 22.5. The van der Waals surface area contributed by atoms with Gasteiger partial charge in [0.05, 0.1) is 32.0 Å². The molecule has 0 spiro atoms. The monoisotopic (exact) mass is 445 g/mol. The molecule has 0 radical (unpaired) electrons. The second-order valence-electron chi connectivity index (χ2n) is 7.14. The van der Waals surface area contributed by atoms with E-state index in [1.807, 2.05) is 78.9 Å². The lowest BCUT2D eigenvalue weighted by molar-refractivity contribution is 0.410. The lowest BCUT2D eigenvalue weighted by Gasteiger charge is -2.17. The van der Waals surface area contributed by atoms with Crippen molar-refractivity contribution in [2.24, 2.45) is 0 Å². The van der Waals surface area contributed by atoms with Gasteiger partial charge < -0.3 is 19.5 Å². The number of ether oxygens (including phenoxy) is 3. The molecule has 0 amide bonds. The molecule has 0 aromatic heterocycles. The Morgan fingerprint density at radius 2 is 1.22 bits per heavy atom. The normalized spacial score (nSPS) is 10.5. The van der Waals surface area contributed by atoms with E-state index < -0.39 is 0 Å². The van der Waals surface area contributed by atoms with Crippen LogP contribution in [0.15, 0.2) is 84.9 Å². The number of halogens is 1. The highest BCUT2D eigenvalue weighted by molar-refractivity contribution is 6.33. The molecule has 0 fully saturated rings. The molecule has 4 nitrogen and oxygen atoms in total. The van der Waals surface area contributed by atoms with Gasteiger partial charge in [-0.25, -0.2) is 0 Å². The van der Waals surface area contributed by atoms with Crippen molar-refractivity contribution in [1.29, 1.82) is 0 Å². The number of hydrogen-bond acceptors (Lipinski definition) is 4. The van der Waals surface area contributed by atoms with Crippen LogP contribution >= 0.6 is 11.6 Å². The van der Waals surface area contributed by atoms with Crippen LogP contribution in [0.1, 0.15) is 0 Å². The maximum atomic E-state index is 6.68. The zero-order valence-corrected chi connectivity index (χ0v) is 18.9. The van der Waals surface area contributed by atoms with Crippen molar-refractivity contribution in [2.75, 3.05) is 26.6 Å². The van der Waals surface area contributed by atoms with Crippen LogP contribution < -0.4 is 19.5 Å². The maximum absolute atomic E-state index is 6.68. The molecule has 0 saturated heterocycles. The lowest BCUT2D eigenvalue weighted by Crippen LogP contribution is -1.97. The number of nitrogens with one attached hydrogen (secondary N) is 1. The fourth-order valence-corrected chi connectivity index (χ4v) is 3.89. The van der Waals surface area contributed by atoms with Crippen molar-refractivity contribution in [3.05, 3.63) is 90.0 Å². The predicted molar refractivity (Wildman–Crippen MR) is 132 cm³/mol. The van der Waals surface area contributed by atoms with Crippen LogP contribution in [0, 0.1) is 0 Å². The molecule has 4 aromatic rings. The Morgan fingerprint density at radius 1 is 0.594 bits per heavy atom. The second-order valence-corrected chi connectivity index (χ2v) is 7.55. The van der Waals surface area contributed by atoms with Gasteiger partial charge in [-0.05, 0) is 42.0 Å². The summed E-state index contributed by atoms with van der Waals surface area (Å²) >= 11 is 6.68. The Labute approximate surface area is 193 Å². The van der Waals surface area contributed by atoms with Crippen molar-refractivity contribution < 1.29 is 14.2 Å². The third-order valence-corrected chi connectivity index (χ3v) is 5.56. The lowest BCUT2D eigenvalue weighted by atomic mass is 9.96. The van der Waals surface area contributed by atoms with Gasteiger partial charge in [-0.15, -0.1) is 0 Å². The molecule has 0 aliphatic heterocycles. The summed E-state index contributed by atoms with van der Waals surface area (Å²) in [5.74, 6) is 2.21. The zero-order valence-electron chi connectivity index (χ0n) is 18.2. The fraction of sp³-hybridized carbons (Fsp3) is 0.111. The molecule has 0 atom stereocenters. The molecule has 32 heavy (non-hydrogen) atoms. The van der Waals surface area contributed by atoms with Crippen molar-refractivity contribution >= 4 is 23.0 Å². The average Bonchev–Trinajstić information content (AvgIpc) is 2.85. The molecule has 5 heteroatoms. The Kier molecular flexibility index (Phi) is 6.52. The van der Waals surface area contributed by atoms with Gasteiger partial charge in [0.25, 0.3) is 0 Å². The summed E-state index contributed by atoms with van der Waals surface area (Å²) in [7, 11) is 4.97. The van der Waals surface area contributed by atoms with Crippen LogP contribution in [0.25, 0.3) is 22.3 Å².